The van der Waals surface area contributed by atoms with Crippen molar-refractivity contribution < 1.29 is 13.2 Å². The van der Waals surface area contributed by atoms with Crippen LogP contribution in [0.25, 0.3) is 27.5 Å². The first-order valence-electron chi connectivity index (χ1n) is 7.55. The van der Waals surface area contributed by atoms with Crippen molar-refractivity contribution in [1.82, 2.24) is 14.3 Å². The molecule has 126 valence electrons. The highest BCUT2D eigenvalue weighted by Crippen LogP contribution is 2.30. The normalized spacial score (nSPS) is 12.2. The average molecular weight is 342 g/mol. The molecule has 4 rings (SSSR count). The van der Waals surface area contributed by atoms with Crippen LogP contribution >= 0.6 is 0 Å². The Morgan fingerprint density at radius 3 is 2.24 bits per heavy atom. The number of hydrogen-bond acceptors (Lipinski definition) is 2. The number of aryl methyl sites for hydroxylation is 1. The molecule has 2 aromatic heterocycles. The standard InChI is InChI=1S/C18H13F3N4/c1-24-15-10-25(12-8-6-11(7-9-12)18(19,20)21)23-16(15)13-4-2-3-5-14(13)17(24)22/h2-10,22H,1H3. The molecule has 0 aliphatic rings. The van der Waals surface area contributed by atoms with E-state index in [1.807, 2.05) is 24.3 Å². The summed E-state index contributed by atoms with van der Waals surface area (Å²) in [7, 11) is 1.77. The molecule has 1 N–H and O–H groups in total. The van der Waals surface area contributed by atoms with Gasteiger partial charge in [0.05, 0.1) is 23.0 Å². The third-order valence-corrected chi connectivity index (χ3v) is 4.29. The Morgan fingerprint density at radius 1 is 0.960 bits per heavy atom. The Hall–Kier alpha value is -3.09. The van der Waals surface area contributed by atoms with E-state index < -0.39 is 11.7 Å². The number of rotatable bonds is 1. The summed E-state index contributed by atoms with van der Waals surface area (Å²) >= 11 is 0. The van der Waals surface area contributed by atoms with E-state index >= 15 is 0 Å². The lowest BCUT2D eigenvalue weighted by Gasteiger charge is -2.07. The largest absolute Gasteiger partial charge is 0.416 e. The first-order chi connectivity index (χ1) is 11.9. The van der Waals surface area contributed by atoms with Gasteiger partial charge < -0.3 is 4.57 Å². The predicted molar refractivity (Wildman–Crippen MR) is 88.4 cm³/mol. The van der Waals surface area contributed by atoms with Crippen LogP contribution in [-0.4, -0.2) is 14.3 Å². The molecule has 2 heterocycles. The third kappa shape index (κ3) is 2.39. The van der Waals surface area contributed by atoms with Gasteiger partial charge in [-0.05, 0) is 24.3 Å². The second kappa shape index (κ2) is 5.20. The molecule has 4 aromatic rings. The highest BCUT2D eigenvalue weighted by atomic mass is 19.4. The smallest absolute Gasteiger partial charge is 0.326 e. The molecule has 4 nitrogen and oxygen atoms in total. The Labute approximate surface area is 140 Å². The van der Waals surface area contributed by atoms with Crippen LogP contribution in [0, 0.1) is 5.41 Å². The zero-order chi connectivity index (χ0) is 17.8. The monoisotopic (exact) mass is 342 g/mol. The highest BCUT2D eigenvalue weighted by Gasteiger charge is 2.30. The van der Waals surface area contributed by atoms with Crippen LogP contribution < -0.4 is 5.49 Å². The van der Waals surface area contributed by atoms with Gasteiger partial charge in [-0.2, -0.15) is 18.3 Å². The number of hydrogen-bond donors (Lipinski definition) is 1. The number of halogens is 3. The van der Waals surface area contributed by atoms with Gasteiger partial charge in [0, 0.05) is 17.8 Å². The number of alkyl halides is 3. The van der Waals surface area contributed by atoms with Crippen LogP contribution in [0.2, 0.25) is 0 Å². The van der Waals surface area contributed by atoms with E-state index in [9.17, 15) is 13.2 Å². The van der Waals surface area contributed by atoms with Gasteiger partial charge in [-0.25, -0.2) is 4.68 Å². The van der Waals surface area contributed by atoms with Gasteiger partial charge in [-0.1, -0.05) is 24.3 Å². The van der Waals surface area contributed by atoms with E-state index in [2.05, 4.69) is 5.10 Å². The van der Waals surface area contributed by atoms with E-state index in [1.165, 1.54) is 16.8 Å². The number of nitrogens with one attached hydrogen (secondary N) is 1. The van der Waals surface area contributed by atoms with Gasteiger partial charge in [-0.15, -0.1) is 0 Å². The molecular formula is C18H13F3N4. The summed E-state index contributed by atoms with van der Waals surface area (Å²) in [6.45, 7) is 0. The van der Waals surface area contributed by atoms with Crippen LogP contribution in [0.4, 0.5) is 13.2 Å². The van der Waals surface area contributed by atoms with E-state index in [0.29, 0.717) is 16.7 Å². The summed E-state index contributed by atoms with van der Waals surface area (Å²) in [6, 6.07) is 12.3. The van der Waals surface area contributed by atoms with Gasteiger partial charge in [0.2, 0.25) is 0 Å². The Balaban J connectivity index is 1.94. The van der Waals surface area contributed by atoms with E-state index in [0.717, 1.165) is 28.4 Å². The molecule has 0 amide bonds. The number of aromatic nitrogens is 3. The van der Waals surface area contributed by atoms with Crippen molar-refractivity contribution >= 4 is 21.8 Å². The van der Waals surface area contributed by atoms with Crippen LogP contribution in [-0.2, 0) is 13.2 Å². The zero-order valence-electron chi connectivity index (χ0n) is 13.2. The quantitative estimate of drug-likeness (QED) is 0.558. The Morgan fingerprint density at radius 2 is 1.60 bits per heavy atom. The number of fused-ring (bicyclic) bond motifs is 3. The van der Waals surface area contributed by atoms with E-state index in [4.69, 9.17) is 5.41 Å². The summed E-state index contributed by atoms with van der Waals surface area (Å²) in [4.78, 5) is 0. The Bertz CT molecular complexity index is 1150. The summed E-state index contributed by atoms with van der Waals surface area (Å²) in [6.07, 6.45) is -2.64. The molecule has 0 aliphatic heterocycles. The van der Waals surface area contributed by atoms with Crippen LogP contribution in [0.15, 0.2) is 54.7 Å². The van der Waals surface area contributed by atoms with Crippen molar-refractivity contribution in [2.24, 2.45) is 7.05 Å². The fourth-order valence-electron chi connectivity index (χ4n) is 2.93. The molecule has 0 saturated heterocycles. The second-order valence-electron chi connectivity index (χ2n) is 5.81. The SMILES string of the molecule is Cn1c(=N)c2ccccc2c2nn(-c3ccc(C(F)(F)F)cc3)cc21. The molecule has 0 fully saturated rings. The van der Waals surface area contributed by atoms with Crippen molar-refractivity contribution in [2.45, 2.75) is 6.18 Å². The molecule has 0 aliphatic carbocycles. The molecule has 0 spiro atoms. The minimum Gasteiger partial charge on any atom is -0.326 e. The first kappa shape index (κ1) is 15.4. The second-order valence-corrected chi connectivity index (χ2v) is 5.81. The maximum atomic E-state index is 12.7. The number of benzene rings is 2. The number of nitrogens with zero attached hydrogens (tertiary/aromatic N) is 3. The van der Waals surface area contributed by atoms with Crippen LogP contribution in [0.3, 0.4) is 0 Å². The lowest BCUT2D eigenvalue weighted by molar-refractivity contribution is -0.137. The topological polar surface area (TPSA) is 46.6 Å². The fourth-order valence-corrected chi connectivity index (χ4v) is 2.93. The van der Waals surface area contributed by atoms with Crippen molar-refractivity contribution in [1.29, 1.82) is 5.41 Å². The van der Waals surface area contributed by atoms with E-state index in [-0.39, 0.29) is 0 Å². The molecule has 25 heavy (non-hydrogen) atoms. The van der Waals surface area contributed by atoms with E-state index in [1.54, 1.807) is 17.8 Å². The molecule has 0 radical (unpaired) electrons. The summed E-state index contributed by atoms with van der Waals surface area (Å²) in [5.74, 6) is 0. The van der Waals surface area contributed by atoms with Crippen LogP contribution in [0.5, 0.6) is 0 Å². The maximum absolute atomic E-state index is 12.7. The summed E-state index contributed by atoms with van der Waals surface area (Å²) in [5, 5.41) is 14.4. The fraction of sp³-hybridized carbons (Fsp3) is 0.111. The van der Waals surface area contributed by atoms with Gasteiger partial charge in [0.1, 0.15) is 11.0 Å². The minimum atomic E-state index is -4.36. The minimum absolute atomic E-state index is 0.357. The molecule has 0 unspecified atom stereocenters. The number of pyridine rings is 1. The zero-order valence-corrected chi connectivity index (χ0v) is 13.2. The highest BCUT2D eigenvalue weighted by molar-refractivity contribution is 6.02. The molecular weight excluding hydrogens is 329 g/mol. The maximum Gasteiger partial charge on any atom is 0.416 e. The Kier molecular flexibility index (Phi) is 3.21. The summed E-state index contributed by atoms with van der Waals surface area (Å²) in [5.41, 5.74) is 1.63. The predicted octanol–water partition coefficient (Wildman–Crippen LogP) is 4.02. The van der Waals surface area contributed by atoms with Crippen molar-refractivity contribution in [3.8, 4) is 5.69 Å². The third-order valence-electron chi connectivity index (χ3n) is 4.29. The molecule has 0 atom stereocenters. The summed E-state index contributed by atoms with van der Waals surface area (Å²) < 4.78 is 41.4. The van der Waals surface area contributed by atoms with Crippen LogP contribution in [0.1, 0.15) is 5.56 Å². The lowest BCUT2D eigenvalue weighted by Crippen LogP contribution is -2.16. The molecule has 2 aromatic carbocycles. The average Bonchev–Trinajstić information content (AvgIpc) is 3.05. The van der Waals surface area contributed by atoms with Crippen molar-refractivity contribution in [3.63, 3.8) is 0 Å². The van der Waals surface area contributed by atoms with Gasteiger partial charge >= 0.3 is 6.18 Å². The molecule has 0 saturated carbocycles. The first-order valence-corrected chi connectivity index (χ1v) is 7.55. The van der Waals surface area contributed by atoms with Crippen molar-refractivity contribution in [3.05, 3.63) is 65.8 Å². The van der Waals surface area contributed by atoms with Crippen molar-refractivity contribution in [2.75, 3.05) is 0 Å². The molecule has 7 heteroatoms. The van der Waals surface area contributed by atoms with Gasteiger partial charge in [-0.3, -0.25) is 5.41 Å². The lowest BCUT2D eigenvalue weighted by atomic mass is 10.1. The van der Waals surface area contributed by atoms with Gasteiger partial charge in [0.15, 0.2) is 0 Å². The van der Waals surface area contributed by atoms with Gasteiger partial charge in [0.25, 0.3) is 0 Å². The molecule has 0 bridgehead atoms.